The van der Waals surface area contributed by atoms with Crippen LogP contribution in [0.5, 0.6) is 0 Å². The van der Waals surface area contributed by atoms with Crippen LogP contribution in [-0.2, 0) is 0 Å². The van der Waals surface area contributed by atoms with Crippen molar-refractivity contribution in [2.75, 3.05) is 0 Å². The number of aromatic nitrogens is 3. The Kier molecular flexibility index (Phi) is 5.43. The second-order valence-electron chi connectivity index (χ2n) is 10.8. The summed E-state index contributed by atoms with van der Waals surface area (Å²) in [6, 6.07) is 46.9. The molecule has 0 radical (unpaired) electrons. The molecule has 5 heteroatoms. The van der Waals surface area contributed by atoms with E-state index in [0.717, 1.165) is 71.7 Å². The van der Waals surface area contributed by atoms with E-state index in [2.05, 4.69) is 48.5 Å². The van der Waals surface area contributed by atoms with Crippen LogP contribution in [0.3, 0.4) is 0 Å². The van der Waals surface area contributed by atoms with Gasteiger partial charge in [-0.1, -0.05) is 109 Å². The maximum absolute atomic E-state index is 6.41. The lowest BCUT2D eigenvalue weighted by Gasteiger charge is -2.11. The van der Waals surface area contributed by atoms with Crippen LogP contribution in [0, 0.1) is 0 Å². The molecule has 9 aromatic rings. The van der Waals surface area contributed by atoms with Gasteiger partial charge in [-0.25, -0.2) is 15.0 Å². The molecule has 0 aliphatic rings. The first-order valence-corrected chi connectivity index (χ1v) is 14.5. The number of rotatable bonds is 4. The van der Waals surface area contributed by atoms with E-state index in [9.17, 15) is 0 Å². The van der Waals surface area contributed by atoms with Gasteiger partial charge in [-0.05, 0) is 41.5 Å². The zero-order valence-electron chi connectivity index (χ0n) is 23.4. The van der Waals surface area contributed by atoms with Crippen LogP contribution in [-0.4, -0.2) is 15.0 Å². The topological polar surface area (TPSA) is 65.0 Å². The van der Waals surface area contributed by atoms with Crippen LogP contribution < -0.4 is 0 Å². The number of benzene rings is 6. The fourth-order valence-corrected chi connectivity index (χ4v) is 6.09. The van der Waals surface area contributed by atoms with Gasteiger partial charge in [0.15, 0.2) is 17.5 Å². The van der Waals surface area contributed by atoms with Gasteiger partial charge in [0.1, 0.15) is 22.3 Å². The number of fused-ring (bicyclic) bond motifs is 6. The zero-order chi connectivity index (χ0) is 29.0. The number of para-hydroxylation sites is 3. The molecule has 44 heavy (non-hydrogen) atoms. The first-order chi connectivity index (χ1) is 21.8. The summed E-state index contributed by atoms with van der Waals surface area (Å²) < 4.78 is 12.8. The van der Waals surface area contributed by atoms with Crippen LogP contribution in [0.2, 0.25) is 0 Å². The van der Waals surface area contributed by atoms with Crippen LogP contribution in [0.4, 0.5) is 0 Å². The van der Waals surface area contributed by atoms with Crippen molar-refractivity contribution in [3.05, 3.63) is 140 Å². The second kappa shape index (κ2) is 9.75. The van der Waals surface area contributed by atoms with E-state index >= 15 is 0 Å². The monoisotopic (exact) mass is 565 g/mol. The molecule has 0 aliphatic carbocycles. The van der Waals surface area contributed by atoms with Gasteiger partial charge in [0.05, 0.1) is 5.56 Å². The minimum atomic E-state index is 0.546. The van der Waals surface area contributed by atoms with Gasteiger partial charge in [0, 0.05) is 32.7 Å². The molecule has 0 atom stereocenters. The summed E-state index contributed by atoms with van der Waals surface area (Å²) in [7, 11) is 0. The highest BCUT2D eigenvalue weighted by Crippen LogP contribution is 2.40. The Bertz CT molecular complexity index is 2500. The van der Waals surface area contributed by atoms with Crippen molar-refractivity contribution in [3.8, 4) is 45.3 Å². The van der Waals surface area contributed by atoms with Crippen LogP contribution in [0.25, 0.3) is 89.2 Å². The van der Waals surface area contributed by atoms with Crippen molar-refractivity contribution in [1.82, 2.24) is 15.0 Å². The van der Waals surface area contributed by atoms with E-state index in [1.165, 1.54) is 0 Å². The molecule has 0 saturated heterocycles. The van der Waals surface area contributed by atoms with Crippen molar-refractivity contribution in [2.24, 2.45) is 0 Å². The second-order valence-corrected chi connectivity index (χ2v) is 10.8. The summed E-state index contributed by atoms with van der Waals surface area (Å²) in [5.74, 6) is 1.69. The standard InChI is InChI=1S/C39H23N3O2/c1-3-12-24(13-4-1)31-22-26(23-34-35(31)29-17-8-10-21-33(29)43-34)38-40-37(25-14-5-2-6-15-25)41-39(42-38)30-19-11-18-28-27-16-7-9-20-32(27)44-36(28)30/h1-23H. The molecule has 3 aromatic heterocycles. The van der Waals surface area contributed by atoms with Gasteiger partial charge in [-0.3, -0.25) is 0 Å². The molecule has 206 valence electrons. The van der Waals surface area contributed by atoms with Gasteiger partial charge < -0.3 is 8.83 Å². The average Bonchev–Trinajstić information content (AvgIpc) is 3.67. The maximum Gasteiger partial charge on any atom is 0.167 e. The fourth-order valence-electron chi connectivity index (χ4n) is 6.09. The molecule has 0 saturated carbocycles. The molecule has 3 heterocycles. The normalized spacial score (nSPS) is 11.6. The molecule has 0 fully saturated rings. The molecule has 0 spiro atoms. The van der Waals surface area contributed by atoms with Gasteiger partial charge in [-0.15, -0.1) is 0 Å². The number of furan rings is 2. The maximum atomic E-state index is 6.41. The number of nitrogens with zero attached hydrogens (tertiary/aromatic N) is 3. The fraction of sp³-hybridized carbons (Fsp3) is 0. The Morgan fingerprint density at radius 2 is 0.955 bits per heavy atom. The average molecular weight is 566 g/mol. The molecular formula is C39H23N3O2. The van der Waals surface area contributed by atoms with E-state index in [1.807, 2.05) is 91.0 Å². The lowest BCUT2D eigenvalue weighted by molar-refractivity contribution is 0.668. The number of hydrogen-bond donors (Lipinski definition) is 0. The highest BCUT2D eigenvalue weighted by molar-refractivity contribution is 6.13. The minimum Gasteiger partial charge on any atom is -0.456 e. The molecule has 9 rings (SSSR count). The number of hydrogen-bond acceptors (Lipinski definition) is 5. The smallest absolute Gasteiger partial charge is 0.167 e. The van der Waals surface area contributed by atoms with Gasteiger partial charge >= 0.3 is 0 Å². The Labute approximate surface area is 252 Å². The predicted molar refractivity (Wildman–Crippen MR) is 176 cm³/mol. The van der Waals surface area contributed by atoms with Crippen molar-refractivity contribution in [1.29, 1.82) is 0 Å². The molecule has 6 aromatic carbocycles. The first-order valence-electron chi connectivity index (χ1n) is 14.5. The largest absolute Gasteiger partial charge is 0.456 e. The van der Waals surface area contributed by atoms with E-state index in [-0.39, 0.29) is 0 Å². The molecule has 5 nitrogen and oxygen atoms in total. The lowest BCUT2D eigenvalue weighted by atomic mass is 9.97. The summed E-state index contributed by atoms with van der Waals surface area (Å²) in [6.07, 6.45) is 0. The van der Waals surface area contributed by atoms with Gasteiger partial charge in [0.2, 0.25) is 0 Å². The first kappa shape index (κ1) is 24.5. The molecule has 0 amide bonds. The third kappa shape index (κ3) is 3.91. The third-order valence-corrected chi connectivity index (χ3v) is 8.13. The summed E-state index contributed by atoms with van der Waals surface area (Å²) in [5.41, 5.74) is 7.92. The van der Waals surface area contributed by atoms with Crippen molar-refractivity contribution >= 4 is 43.9 Å². The van der Waals surface area contributed by atoms with E-state index in [4.69, 9.17) is 23.8 Å². The summed E-state index contributed by atoms with van der Waals surface area (Å²) >= 11 is 0. The summed E-state index contributed by atoms with van der Waals surface area (Å²) in [6.45, 7) is 0. The lowest BCUT2D eigenvalue weighted by Crippen LogP contribution is -2.00. The third-order valence-electron chi connectivity index (χ3n) is 8.13. The van der Waals surface area contributed by atoms with Crippen LogP contribution in [0.15, 0.2) is 148 Å². The van der Waals surface area contributed by atoms with E-state index in [1.54, 1.807) is 0 Å². The van der Waals surface area contributed by atoms with Crippen molar-refractivity contribution < 1.29 is 8.83 Å². The Balaban J connectivity index is 1.33. The van der Waals surface area contributed by atoms with Crippen molar-refractivity contribution in [3.63, 3.8) is 0 Å². The Morgan fingerprint density at radius 1 is 0.364 bits per heavy atom. The molecular weight excluding hydrogens is 542 g/mol. The summed E-state index contributed by atoms with van der Waals surface area (Å²) in [4.78, 5) is 15.1. The highest BCUT2D eigenvalue weighted by atomic mass is 16.3. The zero-order valence-corrected chi connectivity index (χ0v) is 23.4. The van der Waals surface area contributed by atoms with Crippen molar-refractivity contribution in [2.45, 2.75) is 0 Å². The SMILES string of the molecule is c1ccc(-c2nc(-c3cc(-c4ccccc4)c4c(c3)oc3ccccc34)nc(-c3cccc4c3oc3ccccc34)n2)cc1. The Hall–Kier alpha value is -6.07. The molecule has 0 unspecified atom stereocenters. The van der Waals surface area contributed by atoms with Gasteiger partial charge in [0.25, 0.3) is 0 Å². The quantitative estimate of drug-likeness (QED) is 0.212. The Morgan fingerprint density at radius 3 is 1.73 bits per heavy atom. The van der Waals surface area contributed by atoms with Crippen LogP contribution in [0.1, 0.15) is 0 Å². The minimum absolute atomic E-state index is 0.546. The molecule has 0 bridgehead atoms. The van der Waals surface area contributed by atoms with E-state index < -0.39 is 0 Å². The van der Waals surface area contributed by atoms with Crippen LogP contribution >= 0.6 is 0 Å². The predicted octanol–water partition coefficient (Wildman–Crippen LogP) is 10.3. The molecule has 0 aliphatic heterocycles. The highest BCUT2D eigenvalue weighted by Gasteiger charge is 2.20. The van der Waals surface area contributed by atoms with E-state index in [0.29, 0.717) is 17.5 Å². The summed E-state index contributed by atoms with van der Waals surface area (Å²) in [5, 5.41) is 4.23. The van der Waals surface area contributed by atoms with Gasteiger partial charge in [-0.2, -0.15) is 0 Å². The molecule has 0 N–H and O–H groups in total.